The molecular weight excluding hydrogens is 361 g/mol. The van der Waals surface area contributed by atoms with Crippen molar-refractivity contribution >= 4 is 23.5 Å². The van der Waals surface area contributed by atoms with Crippen LogP contribution in [0.15, 0.2) is 53.7 Å². The van der Waals surface area contributed by atoms with Crippen LogP contribution in [0.3, 0.4) is 0 Å². The molecule has 6 heteroatoms. The van der Waals surface area contributed by atoms with Gasteiger partial charge in [0.05, 0.1) is 12.1 Å². The molecule has 138 valence electrons. The van der Waals surface area contributed by atoms with Crippen LogP contribution in [0.25, 0.3) is 11.3 Å². The van der Waals surface area contributed by atoms with Gasteiger partial charge in [-0.3, -0.25) is 4.79 Å². The quantitative estimate of drug-likeness (QED) is 0.665. The number of fused-ring (bicyclic) bond motifs is 1. The van der Waals surface area contributed by atoms with Crippen molar-refractivity contribution in [2.45, 2.75) is 24.2 Å². The molecule has 3 aromatic rings. The second-order valence-electron chi connectivity index (χ2n) is 6.68. The first-order valence-electron chi connectivity index (χ1n) is 8.92. The second-order valence-corrected chi connectivity index (χ2v) is 7.73. The minimum Gasteiger partial charge on any atom is -0.320 e. The third-order valence-electron chi connectivity index (χ3n) is 4.75. The Balaban J connectivity index is 1.44. The number of amides is 1. The molecule has 0 atom stereocenters. The first-order chi connectivity index (χ1) is 13.1. The van der Waals surface area contributed by atoms with E-state index >= 15 is 0 Å². The molecule has 1 aliphatic rings. The van der Waals surface area contributed by atoms with Gasteiger partial charge >= 0.3 is 0 Å². The van der Waals surface area contributed by atoms with Gasteiger partial charge in [0.25, 0.3) is 0 Å². The first kappa shape index (κ1) is 17.8. The fraction of sp³-hybridized carbons (Fsp3) is 0.238. The predicted octanol–water partition coefficient (Wildman–Crippen LogP) is 4.45. The highest BCUT2D eigenvalue weighted by molar-refractivity contribution is 8.00. The molecule has 0 aliphatic heterocycles. The molecule has 4 rings (SSSR count). The van der Waals surface area contributed by atoms with Gasteiger partial charge in [0, 0.05) is 17.5 Å². The second kappa shape index (κ2) is 7.56. The van der Waals surface area contributed by atoms with Crippen LogP contribution < -0.4 is 5.32 Å². The Bertz CT molecular complexity index is 982. The number of nitrogens with one attached hydrogen (secondary N) is 1. The average molecular weight is 381 g/mol. The van der Waals surface area contributed by atoms with Gasteiger partial charge in [-0.05, 0) is 66.8 Å². The molecule has 0 fully saturated rings. The summed E-state index contributed by atoms with van der Waals surface area (Å²) in [5, 5.41) is 2.94. The molecule has 1 heterocycles. The van der Waals surface area contributed by atoms with Gasteiger partial charge in [0.1, 0.15) is 17.3 Å². The van der Waals surface area contributed by atoms with Crippen LogP contribution in [0.4, 0.5) is 10.2 Å². The molecule has 0 saturated heterocycles. The van der Waals surface area contributed by atoms with Crippen molar-refractivity contribution < 1.29 is 9.18 Å². The molecule has 4 nitrogen and oxygen atoms in total. The number of anilines is 1. The summed E-state index contributed by atoms with van der Waals surface area (Å²) >= 11 is 1.53. The van der Waals surface area contributed by atoms with Gasteiger partial charge in [-0.1, -0.05) is 6.07 Å². The summed E-state index contributed by atoms with van der Waals surface area (Å²) in [6.45, 7) is 0. The number of halogens is 1. The van der Waals surface area contributed by atoms with E-state index < -0.39 is 0 Å². The third kappa shape index (κ3) is 3.90. The van der Waals surface area contributed by atoms with Crippen LogP contribution in [0.2, 0.25) is 0 Å². The Morgan fingerprint density at radius 3 is 2.78 bits per heavy atom. The Hall–Kier alpha value is -2.60. The molecular formula is C21H20FN3OS. The SMILES string of the molecule is Cn1cnc(-c2ccc(F)cc2)c1NC(=O)CSc1ccc2c(c1)CCC2. The van der Waals surface area contributed by atoms with Gasteiger partial charge in [-0.2, -0.15) is 0 Å². The van der Waals surface area contributed by atoms with E-state index in [-0.39, 0.29) is 11.7 Å². The lowest BCUT2D eigenvalue weighted by Gasteiger charge is -2.09. The highest BCUT2D eigenvalue weighted by atomic mass is 32.2. The van der Waals surface area contributed by atoms with E-state index in [1.54, 1.807) is 23.0 Å². The Morgan fingerprint density at radius 1 is 1.19 bits per heavy atom. The molecule has 0 saturated carbocycles. The number of hydrogen-bond donors (Lipinski definition) is 1. The fourth-order valence-electron chi connectivity index (χ4n) is 3.35. The summed E-state index contributed by atoms with van der Waals surface area (Å²) in [6.07, 6.45) is 5.15. The lowest BCUT2D eigenvalue weighted by atomic mass is 10.1. The monoisotopic (exact) mass is 381 g/mol. The number of thioether (sulfide) groups is 1. The molecule has 1 aliphatic carbocycles. The topological polar surface area (TPSA) is 46.9 Å². The largest absolute Gasteiger partial charge is 0.320 e. The lowest BCUT2D eigenvalue weighted by molar-refractivity contribution is -0.113. The van der Waals surface area contributed by atoms with Gasteiger partial charge in [-0.25, -0.2) is 9.37 Å². The zero-order chi connectivity index (χ0) is 18.8. The van der Waals surface area contributed by atoms with Crippen LogP contribution in [0.1, 0.15) is 17.5 Å². The molecule has 1 amide bonds. The summed E-state index contributed by atoms with van der Waals surface area (Å²) in [5.41, 5.74) is 4.24. The van der Waals surface area contributed by atoms with Crippen LogP contribution >= 0.6 is 11.8 Å². The van der Waals surface area contributed by atoms with Crippen LogP contribution in [0, 0.1) is 5.82 Å². The van der Waals surface area contributed by atoms with E-state index in [9.17, 15) is 9.18 Å². The molecule has 0 radical (unpaired) electrons. The van der Waals surface area contributed by atoms with Gasteiger partial charge in [-0.15, -0.1) is 11.8 Å². The minimum atomic E-state index is -0.300. The number of aromatic nitrogens is 2. The van der Waals surface area contributed by atoms with Crippen molar-refractivity contribution in [2.24, 2.45) is 7.05 Å². The van der Waals surface area contributed by atoms with Crippen molar-refractivity contribution in [3.63, 3.8) is 0 Å². The van der Waals surface area contributed by atoms with Gasteiger partial charge in [0.2, 0.25) is 5.91 Å². The highest BCUT2D eigenvalue weighted by Crippen LogP contribution is 2.29. The van der Waals surface area contributed by atoms with Gasteiger partial charge < -0.3 is 9.88 Å². The van der Waals surface area contributed by atoms with Crippen molar-refractivity contribution in [1.82, 2.24) is 9.55 Å². The minimum absolute atomic E-state index is 0.0903. The van der Waals surface area contributed by atoms with Crippen molar-refractivity contribution in [3.05, 3.63) is 65.7 Å². The maximum atomic E-state index is 13.2. The smallest absolute Gasteiger partial charge is 0.235 e. The number of hydrogen-bond acceptors (Lipinski definition) is 3. The van der Waals surface area contributed by atoms with E-state index in [1.807, 2.05) is 7.05 Å². The Morgan fingerprint density at radius 2 is 1.96 bits per heavy atom. The van der Waals surface area contributed by atoms with Crippen molar-refractivity contribution in [1.29, 1.82) is 0 Å². The maximum absolute atomic E-state index is 13.2. The molecule has 0 bridgehead atoms. The summed E-state index contributed by atoms with van der Waals surface area (Å²) < 4.78 is 14.9. The number of rotatable bonds is 5. The van der Waals surface area contributed by atoms with E-state index in [0.717, 1.165) is 23.3 Å². The standard InChI is InChI=1S/C21H20FN3OS/c1-25-13-23-20(15-5-8-17(22)9-6-15)21(25)24-19(26)12-27-18-10-7-14-3-2-4-16(14)11-18/h5-11,13H,2-4,12H2,1H3,(H,24,26). The van der Waals surface area contributed by atoms with E-state index in [0.29, 0.717) is 17.3 Å². The van der Waals surface area contributed by atoms with Crippen molar-refractivity contribution in [2.75, 3.05) is 11.1 Å². The summed E-state index contributed by atoms with van der Waals surface area (Å²) in [6, 6.07) is 12.6. The molecule has 0 spiro atoms. The number of benzene rings is 2. The zero-order valence-corrected chi connectivity index (χ0v) is 15.9. The molecule has 1 N–H and O–H groups in total. The predicted molar refractivity (Wildman–Crippen MR) is 106 cm³/mol. The summed E-state index contributed by atoms with van der Waals surface area (Å²) in [5.74, 6) is 0.548. The normalized spacial score (nSPS) is 12.8. The van der Waals surface area contributed by atoms with Crippen molar-refractivity contribution in [3.8, 4) is 11.3 Å². The summed E-state index contributed by atoms with van der Waals surface area (Å²) in [4.78, 5) is 17.9. The number of carbonyl (C=O) groups is 1. The number of carbonyl (C=O) groups excluding carboxylic acids is 1. The molecule has 0 unspecified atom stereocenters. The van der Waals surface area contributed by atoms with E-state index in [4.69, 9.17) is 0 Å². The van der Waals surface area contributed by atoms with Crippen LogP contribution in [-0.4, -0.2) is 21.2 Å². The third-order valence-corrected chi connectivity index (χ3v) is 5.75. The first-order valence-corrected chi connectivity index (χ1v) is 9.90. The molecule has 1 aromatic heterocycles. The maximum Gasteiger partial charge on any atom is 0.235 e. The summed E-state index contributed by atoms with van der Waals surface area (Å²) in [7, 11) is 1.82. The van der Waals surface area contributed by atoms with Crippen LogP contribution in [-0.2, 0) is 24.7 Å². The average Bonchev–Trinajstić information content (AvgIpc) is 3.27. The van der Waals surface area contributed by atoms with Gasteiger partial charge in [0.15, 0.2) is 0 Å². The Kier molecular flexibility index (Phi) is 4.99. The van der Waals surface area contributed by atoms with E-state index in [2.05, 4.69) is 28.5 Å². The molecule has 2 aromatic carbocycles. The fourth-order valence-corrected chi connectivity index (χ4v) is 4.11. The number of nitrogens with zero attached hydrogens (tertiary/aromatic N) is 2. The van der Waals surface area contributed by atoms with Crippen LogP contribution in [0.5, 0.6) is 0 Å². The number of imidazole rings is 1. The zero-order valence-electron chi connectivity index (χ0n) is 15.0. The van der Waals surface area contributed by atoms with E-state index in [1.165, 1.54) is 41.4 Å². The lowest BCUT2D eigenvalue weighted by Crippen LogP contribution is -2.16. The number of aryl methyl sites for hydroxylation is 3. The molecule has 27 heavy (non-hydrogen) atoms. The Labute approximate surface area is 161 Å². The highest BCUT2D eigenvalue weighted by Gasteiger charge is 2.15.